The van der Waals surface area contributed by atoms with Crippen LogP contribution in [-0.4, -0.2) is 12.4 Å². The molecule has 0 fully saturated rings. The third-order valence-corrected chi connectivity index (χ3v) is 2.97. The predicted molar refractivity (Wildman–Crippen MR) is 72.7 cm³/mol. The van der Waals surface area contributed by atoms with Gasteiger partial charge < -0.3 is 4.74 Å². The molecule has 0 aromatic heterocycles. The lowest BCUT2D eigenvalue weighted by Crippen LogP contribution is -2.11. The zero-order valence-electron chi connectivity index (χ0n) is 9.70. The molecule has 0 radical (unpaired) electrons. The van der Waals surface area contributed by atoms with Crippen LogP contribution >= 0.6 is 23.2 Å². The molecule has 0 aliphatic carbocycles. The SMILES string of the molecule is O=C(COc1cc(Cl)ccc1Cl)c1ccc(F)cc1. The van der Waals surface area contributed by atoms with E-state index in [9.17, 15) is 9.18 Å². The summed E-state index contributed by atoms with van der Waals surface area (Å²) in [5.41, 5.74) is 0.375. The normalized spacial score (nSPS) is 10.3. The number of hydrogen-bond donors (Lipinski definition) is 0. The maximum atomic E-state index is 12.7. The molecular formula is C14H9Cl2FO2. The molecule has 0 saturated carbocycles. The zero-order chi connectivity index (χ0) is 13.8. The van der Waals surface area contributed by atoms with Crippen LogP contribution in [0.5, 0.6) is 5.75 Å². The van der Waals surface area contributed by atoms with Crippen LogP contribution in [0.4, 0.5) is 4.39 Å². The average molecular weight is 299 g/mol. The maximum absolute atomic E-state index is 12.7. The molecule has 0 saturated heterocycles. The van der Waals surface area contributed by atoms with Gasteiger partial charge in [0.25, 0.3) is 0 Å². The Bertz CT molecular complexity index is 597. The monoisotopic (exact) mass is 298 g/mol. The first kappa shape index (κ1) is 13.8. The second-order valence-corrected chi connectivity index (χ2v) is 4.64. The molecule has 0 N–H and O–H groups in total. The van der Waals surface area contributed by atoms with Gasteiger partial charge in [0, 0.05) is 16.7 Å². The van der Waals surface area contributed by atoms with Crippen LogP contribution in [0.25, 0.3) is 0 Å². The first-order chi connectivity index (χ1) is 9.06. The van der Waals surface area contributed by atoms with Crippen LogP contribution in [0, 0.1) is 5.82 Å². The molecule has 5 heteroatoms. The molecule has 0 aliphatic rings. The van der Waals surface area contributed by atoms with Crippen molar-refractivity contribution < 1.29 is 13.9 Å². The summed E-state index contributed by atoms with van der Waals surface area (Å²) in [6, 6.07) is 9.99. The van der Waals surface area contributed by atoms with Crippen LogP contribution in [0.15, 0.2) is 42.5 Å². The Morgan fingerprint density at radius 3 is 2.47 bits per heavy atom. The summed E-state index contributed by atoms with van der Waals surface area (Å²) in [7, 11) is 0. The summed E-state index contributed by atoms with van der Waals surface area (Å²) in [6.45, 7) is -0.189. The second kappa shape index (κ2) is 6.04. The molecule has 2 aromatic rings. The lowest BCUT2D eigenvalue weighted by Gasteiger charge is -2.07. The van der Waals surface area contributed by atoms with Crippen LogP contribution in [0.1, 0.15) is 10.4 Å². The Kier molecular flexibility index (Phi) is 4.40. The van der Waals surface area contributed by atoms with E-state index >= 15 is 0 Å². The average Bonchev–Trinajstić information content (AvgIpc) is 2.40. The molecule has 0 aliphatic heterocycles. The Morgan fingerprint density at radius 2 is 1.79 bits per heavy atom. The van der Waals surface area contributed by atoms with Gasteiger partial charge in [-0.15, -0.1) is 0 Å². The van der Waals surface area contributed by atoms with Crippen molar-refractivity contribution in [2.75, 3.05) is 6.61 Å². The topological polar surface area (TPSA) is 26.3 Å². The number of rotatable bonds is 4. The van der Waals surface area contributed by atoms with Crippen molar-refractivity contribution >= 4 is 29.0 Å². The van der Waals surface area contributed by atoms with Gasteiger partial charge in [-0.05, 0) is 36.4 Å². The van der Waals surface area contributed by atoms with E-state index in [2.05, 4.69) is 0 Å². The van der Waals surface area contributed by atoms with Gasteiger partial charge in [-0.3, -0.25) is 4.79 Å². The fourth-order valence-electron chi connectivity index (χ4n) is 1.45. The number of carbonyl (C=O) groups excluding carboxylic acids is 1. The van der Waals surface area contributed by atoms with E-state index in [0.29, 0.717) is 21.4 Å². The molecule has 2 rings (SSSR count). The molecule has 19 heavy (non-hydrogen) atoms. The summed E-state index contributed by atoms with van der Waals surface area (Å²) < 4.78 is 18.0. The van der Waals surface area contributed by atoms with Crippen molar-refractivity contribution in [3.8, 4) is 5.75 Å². The molecule has 2 nitrogen and oxygen atoms in total. The van der Waals surface area contributed by atoms with Gasteiger partial charge in [0.2, 0.25) is 0 Å². The van der Waals surface area contributed by atoms with Gasteiger partial charge in [-0.2, -0.15) is 0 Å². The van der Waals surface area contributed by atoms with E-state index in [0.717, 1.165) is 0 Å². The summed E-state index contributed by atoms with van der Waals surface area (Å²) in [4.78, 5) is 11.8. The number of halogens is 3. The lowest BCUT2D eigenvalue weighted by molar-refractivity contribution is 0.0921. The number of hydrogen-bond acceptors (Lipinski definition) is 2. The highest BCUT2D eigenvalue weighted by atomic mass is 35.5. The number of carbonyl (C=O) groups is 1. The number of ether oxygens (including phenoxy) is 1. The Hall–Kier alpha value is -1.58. The Labute approximate surface area is 119 Å². The molecular weight excluding hydrogens is 290 g/mol. The van der Waals surface area contributed by atoms with E-state index < -0.39 is 5.82 Å². The van der Waals surface area contributed by atoms with Gasteiger partial charge in [-0.25, -0.2) is 4.39 Å². The summed E-state index contributed by atoms with van der Waals surface area (Å²) in [6.07, 6.45) is 0. The molecule has 98 valence electrons. The van der Waals surface area contributed by atoms with Crippen molar-refractivity contribution in [1.29, 1.82) is 0 Å². The molecule has 0 heterocycles. The van der Waals surface area contributed by atoms with Gasteiger partial charge in [0.15, 0.2) is 12.4 Å². The van der Waals surface area contributed by atoms with E-state index in [-0.39, 0.29) is 12.4 Å². The predicted octanol–water partition coefficient (Wildman–Crippen LogP) is 4.39. The third-order valence-electron chi connectivity index (χ3n) is 2.42. The number of benzene rings is 2. The van der Waals surface area contributed by atoms with Crippen LogP contribution in [0.2, 0.25) is 10.0 Å². The first-order valence-corrected chi connectivity index (χ1v) is 6.18. The van der Waals surface area contributed by atoms with Gasteiger partial charge in [0.1, 0.15) is 11.6 Å². The van der Waals surface area contributed by atoms with Gasteiger partial charge in [0.05, 0.1) is 5.02 Å². The van der Waals surface area contributed by atoms with E-state index in [1.807, 2.05) is 0 Å². The largest absolute Gasteiger partial charge is 0.484 e. The Morgan fingerprint density at radius 1 is 1.11 bits per heavy atom. The zero-order valence-corrected chi connectivity index (χ0v) is 11.2. The minimum absolute atomic E-state index is 0.189. The highest BCUT2D eigenvalue weighted by molar-refractivity contribution is 6.34. The fraction of sp³-hybridized carbons (Fsp3) is 0.0714. The second-order valence-electron chi connectivity index (χ2n) is 3.79. The van der Waals surface area contributed by atoms with Gasteiger partial charge in [-0.1, -0.05) is 23.2 Å². The van der Waals surface area contributed by atoms with Crippen LogP contribution in [0.3, 0.4) is 0 Å². The van der Waals surface area contributed by atoms with Crippen LogP contribution in [-0.2, 0) is 0 Å². The van der Waals surface area contributed by atoms with Crippen molar-refractivity contribution in [2.24, 2.45) is 0 Å². The molecule has 0 amide bonds. The maximum Gasteiger partial charge on any atom is 0.200 e. The molecule has 0 spiro atoms. The summed E-state index contributed by atoms with van der Waals surface area (Å²) in [5.74, 6) is -0.323. The molecule has 0 atom stereocenters. The third kappa shape index (κ3) is 3.69. The highest BCUT2D eigenvalue weighted by Gasteiger charge is 2.09. The van der Waals surface area contributed by atoms with Crippen molar-refractivity contribution in [2.45, 2.75) is 0 Å². The van der Waals surface area contributed by atoms with Crippen molar-refractivity contribution in [1.82, 2.24) is 0 Å². The molecule has 0 bridgehead atoms. The number of ketones is 1. The summed E-state index contributed by atoms with van der Waals surface area (Å²) >= 11 is 11.7. The van der Waals surface area contributed by atoms with Crippen molar-refractivity contribution in [3.05, 3.63) is 63.9 Å². The van der Waals surface area contributed by atoms with E-state index in [1.165, 1.54) is 30.3 Å². The molecule has 2 aromatic carbocycles. The minimum Gasteiger partial charge on any atom is -0.484 e. The fourth-order valence-corrected chi connectivity index (χ4v) is 1.78. The Balaban J connectivity index is 2.04. The van der Waals surface area contributed by atoms with Crippen molar-refractivity contribution in [3.63, 3.8) is 0 Å². The number of Topliss-reactive ketones (excluding diaryl/α,β-unsaturated/α-hetero) is 1. The lowest BCUT2D eigenvalue weighted by atomic mass is 10.1. The smallest absolute Gasteiger partial charge is 0.200 e. The van der Waals surface area contributed by atoms with E-state index in [4.69, 9.17) is 27.9 Å². The first-order valence-electron chi connectivity index (χ1n) is 5.43. The van der Waals surface area contributed by atoms with Gasteiger partial charge >= 0.3 is 0 Å². The highest BCUT2D eigenvalue weighted by Crippen LogP contribution is 2.27. The minimum atomic E-state index is -0.393. The van der Waals surface area contributed by atoms with Crippen LogP contribution < -0.4 is 4.74 Å². The van der Waals surface area contributed by atoms with E-state index in [1.54, 1.807) is 12.1 Å². The molecule has 0 unspecified atom stereocenters. The summed E-state index contributed by atoms with van der Waals surface area (Å²) in [5, 5.41) is 0.838. The quantitative estimate of drug-likeness (QED) is 0.782. The standard InChI is InChI=1S/C14H9Cl2FO2/c15-10-3-6-12(16)14(7-10)19-8-13(18)9-1-4-11(17)5-2-9/h1-7H,8H2.